The van der Waals surface area contributed by atoms with Crippen LogP contribution in [0.4, 0.5) is 0 Å². The summed E-state index contributed by atoms with van der Waals surface area (Å²) < 4.78 is 0. The van der Waals surface area contributed by atoms with Crippen LogP contribution in [0.3, 0.4) is 0 Å². The summed E-state index contributed by atoms with van der Waals surface area (Å²) in [6.07, 6.45) is 2.99. The fourth-order valence-corrected chi connectivity index (χ4v) is 3.70. The highest BCUT2D eigenvalue weighted by atomic mass is 16.2. The molecule has 20 heavy (non-hydrogen) atoms. The standard InChI is InChI=1S/C15H27N3O2/c1-14(2)7-11(8-15(3,4)18-14)17-13(20)10-5-6-12(19)16-9-10/h10-11,18H,5-9H2,1-4H3,(H,16,19)(H,17,20). The van der Waals surface area contributed by atoms with E-state index in [1.807, 2.05) is 0 Å². The first-order chi connectivity index (χ1) is 9.17. The van der Waals surface area contributed by atoms with Gasteiger partial charge < -0.3 is 16.0 Å². The molecule has 2 amide bonds. The van der Waals surface area contributed by atoms with Crippen molar-refractivity contribution < 1.29 is 9.59 Å². The van der Waals surface area contributed by atoms with Gasteiger partial charge in [-0.1, -0.05) is 0 Å². The van der Waals surface area contributed by atoms with Gasteiger partial charge in [-0.2, -0.15) is 0 Å². The maximum absolute atomic E-state index is 12.3. The quantitative estimate of drug-likeness (QED) is 0.705. The number of nitrogens with one attached hydrogen (secondary N) is 3. The monoisotopic (exact) mass is 281 g/mol. The molecule has 0 saturated carbocycles. The molecule has 2 rings (SSSR count). The summed E-state index contributed by atoms with van der Waals surface area (Å²) in [7, 11) is 0. The van der Waals surface area contributed by atoms with Gasteiger partial charge in [0.2, 0.25) is 11.8 Å². The topological polar surface area (TPSA) is 70.2 Å². The van der Waals surface area contributed by atoms with E-state index in [0.717, 1.165) is 12.8 Å². The molecular weight excluding hydrogens is 254 g/mol. The minimum atomic E-state index is -0.0752. The van der Waals surface area contributed by atoms with Gasteiger partial charge in [0, 0.05) is 30.1 Å². The molecule has 1 atom stereocenters. The zero-order valence-electron chi connectivity index (χ0n) is 13.0. The molecule has 0 aliphatic carbocycles. The lowest BCUT2D eigenvalue weighted by Gasteiger charge is -2.46. The Balaban J connectivity index is 1.92. The van der Waals surface area contributed by atoms with E-state index in [1.54, 1.807) is 0 Å². The van der Waals surface area contributed by atoms with Crippen LogP contribution in [-0.2, 0) is 9.59 Å². The summed E-state index contributed by atoms with van der Waals surface area (Å²) in [5.74, 6) is 0.0653. The van der Waals surface area contributed by atoms with E-state index in [1.165, 1.54) is 0 Å². The number of carbonyl (C=O) groups excluding carboxylic acids is 2. The van der Waals surface area contributed by atoms with Crippen molar-refractivity contribution in [2.75, 3.05) is 6.54 Å². The van der Waals surface area contributed by atoms with E-state index < -0.39 is 0 Å². The van der Waals surface area contributed by atoms with Gasteiger partial charge in [0.15, 0.2) is 0 Å². The van der Waals surface area contributed by atoms with Gasteiger partial charge in [0.25, 0.3) is 0 Å². The Bertz CT molecular complexity index is 378. The highest BCUT2D eigenvalue weighted by Gasteiger charge is 2.38. The molecule has 0 bridgehead atoms. The van der Waals surface area contributed by atoms with Crippen molar-refractivity contribution >= 4 is 11.8 Å². The van der Waals surface area contributed by atoms with Crippen LogP contribution in [0, 0.1) is 5.92 Å². The summed E-state index contributed by atoms with van der Waals surface area (Å²) in [6, 6.07) is 0.200. The van der Waals surface area contributed by atoms with Crippen LogP contribution in [-0.4, -0.2) is 35.5 Å². The van der Waals surface area contributed by atoms with E-state index in [2.05, 4.69) is 43.6 Å². The van der Waals surface area contributed by atoms with Crippen molar-refractivity contribution in [3.8, 4) is 0 Å². The van der Waals surface area contributed by atoms with Gasteiger partial charge in [-0.25, -0.2) is 0 Å². The Morgan fingerprint density at radius 3 is 2.30 bits per heavy atom. The normalized spacial score (nSPS) is 29.6. The number of hydrogen-bond donors (Lipinski definition) is 3. The fourth-order valence-electron chi connectivity index (χ4n) is 3.70. The van der Waals surface area contributed by atoms with E-state index in [0.29, 0.717) is 19.4 Å². The first kappa shape index (κ1) is 15.3. The highest BCUT2D eigenvalue weighted by molar-refractivity contribution is 5.83. The molecule has 2 aliphatic rings. The van der Waals surface area contributed by atoms with Gasteiger partial charge in [-0.15, -0.1) is 0 Å². The van der Waals surface area contributed by atoms with Gasteiger partial charge in [0.1, 0.15) is 0 Å². The summed E-state index contributed by atoms with van der Waals surface area (Å²) in [6.45, 7) is 9.17. The lowest BCUT2D eigenvalue weighted by Crippen LogP contribution is -2.62. The summed E-state index contributed by atoms with van der Waals surface area (Å²) >= 11 is 0. The maximum Gasteiger partial charge on any atom is 0.225 e. The van der Waals surface area contributed by atoms with Crippen molar-refractivity contribution in [3.05, 3.63) is 0 Å². The Morgan fingerprint density at radius 1 is 1.20 bits per heavy atom. The molecular formula is C15H27N3O2. The Hall–Kier alpha value is -1.10. The number of piperidine rings is 2. The van der Waals surface area contributed by atoms with Crippen molar-refractivity contribution in [2.24, 2.45) is 5.92 Å². The Kier molecular flexibility index (Phi) is 4.09. The number of rotatable bonds is 2. The number of amides is 2. The molecule has 114 valence electrons. The highest BCUT2D eigenvalue weighted by Crippen LogP contribution is 2.28. The SMILES string of the molecule is CC1(C)CC(NC(=O)C2CCC(=O)NC2)CC(C)(C)N1. The van der Waals surface area contributed by atoms with Crippen LogP contribution >= 0.6 is 0 Å². The Labute approximate surface area is 121 Å². The minimum absolute atomic E-state index is 0.0283. The molecule has 0 spiro atoms. The van der Waals surface area contributed by atoms with Gasteiger partial charge in [0.05, 0.1) is 5.92 Å². The van der Waals surface area contributed by atoms with Crippen LogP contribution in [0.15, 0.2) is 0 Å². The lowest BCUT2D eigenvalue weighted by atomic mass is 9.79. The molecule has 3 N–H and O–H groups in total. The largest absolute Gasteiger partial charge is 0.355 e. The maximum atomic E-state index is 12.3. The van der Waals surface area contributed by atoms with E-state index >= 15 is 0 Å². The average Bonchev–Trinajstić information content (AvgIpc) is 2.25. The molecule has 5 nitrogen and oxygen atoms in total. The molecule has 2 aliphatic heterocycles. The smallest absolute Gasteiger partial charge is 0.225 e. The molecule has 2 fully saturated rings. The molecule has 1 unspecified atom stereocenters. The molecule has 2 saturated heterocycles. The number of carbonyl (C=O) groups is 2. The molecule has 0 aromatic rings. The summed E-state index contributed by atoms with van der Waals surface area (Å²) in [4.78, 5) is 23.5. The number of hydrogen-bond acceptors (Lipinski definition) is 3. The van der Waals surface area contributed by atoms with E-state index in [4.69, 9.17) is 0 Å². The average molecular weight is 281 g/mol. The third-order valence-corrected chi connectivity index (χ3v) is 4.17. The van der Waals surface area contributed by atoms with Crippen molar-refractivity contribution in [2.45, 2.75) is 70.5 Å². The van der Waals surface area contributed by atoms with Crippen molar-refractivity contribution in [3.63, 3.8) is 0 Å². The lowest BCUT2D eigenvalue weighted by molar-refractivity contribution is -0.129. The Morgan fingerprint density at radius 2 is 1.80 bits per heavy atom. The molecule has 0 radical (unpaired) electrons. The fraction of sp³-hybridized carbons (Fsp3) is 0.867. The van der Waals surface area contributed by atoms with Gasteiger partial charge in [-0.05, 0) is 47.0 Å². The van der Waals surface area contributed by atoms with Crippen molar-refractivity contribution in [1.29, 1.82) is 0 Å². The summed E-state index contributed by atoms with van der Waals surface area (Å²) in [5.41, 5.74) is 0.0565. The molecule has 0 aromatic heterocycles. The predicted molar refractivity (Wildman–Crippen MR) is 78.2 cm³/mol. The van der Waals surface area contributed by atoms with Crippen LogP contribution in [0.5, 0.6) is 0 Å². The van der Waals surface area contributed by atoms with Crippen LogP contribution < -0.4 is 16.0 Å². The van der Waals surface area contributed by atoms with Crippen molar-refractivity contribution in [1.82, 2.24) is 16.0 Å². The second kappa shape index (κ2) is 5.35. The second-order valence-electron chi connectivity index (χ2n) is 7.55. The zero-order chi connectivity index (χ0) is 15.0. The molecule has 5 heteroatoms. The zero-order valence-corrected chi connectivity index (χ0v) is 13.0. The van der Waals surface area contributed by atoms with Crippen LogP contribution in [0.1, 0.15) is 53.4 Å². The predicted octanol–water partition coefficient (Wildman–Crippen LogP) is 0.938. The third kappa shape index (κ3) is 3.95. The minimum Gasteiger partial charge on any atom is -0.355 e. The second-order valence-corrected chi connectivity index (χ2v) is 7.55. The van der Waals surface area contributed by atoms with Crippen LogP contribution in [0.2, 0.25) is 0 Å². The van der Waals surface area contributed by atoms with Crippen LogP contribution in [0.25, 0.3) is 0 Å². The first-order valence-corrected chi connectivity index (χ1v) is 7.53. The van der Waals surface area contributed by atoms with Gasteiger partial charge in [-0.3, -0.25) is 9.59 Å². The molecule has 0 aromatic carbocycles. The third-order valence-electron chi connectivity index (χ3n) is 4.17. The summed E-state index contributed by atoms with van der Waals surface area (Å²) in [5, 5.41) is 9.57. The van der Waals surface area contributed by atoms with E-state index in [-0.39, 0.29) is 34.9 Å². The van der Waals surface area contributed by atoms with Gasteiger partial charge >= 0.3 is 0 Å². The van der Waals surface area contributed by atoms with E-state index in [9.17, 15) is 9.59 Å². The first-order valence-electron chi connectivity index (χ1n) is 7.53. The molecule has 2 heterocycles.